The smallest absolute Gasteiger partial charge is 0.226 e. The molecule has 7 nitrogen and oxygen atoms in total. The molecule has 0 bridgehead atoms. The minimum Gasteiger partial charge on any atom is -0.405 e. The highest BCUT2D eigenvalue weighted by Gasteiger charge is 2.24. The van der Waals surface area contributed by atoms with Crippen molar-refractivity contribution in [2.45, 2.75) is 32.2 Å². The number of aliphatic imine (C=N–C) groups is 1. The number of fused-ring (bicyclic) bond motifs is 1. The lowest BCUT2D eigenvalue weighted by Gasteiger charge is -2.14. The van der Waals surface area contributed by atoms with Gasteiger partial charge in [0.25, 0.3) is 0 Å². The van der Waals surface area contributed by atoms with Crippen molar-refractivity contribution >= 4 is 6.21 Å². The molecule has 0 saturated heterocycles. The zero-order chi connectivity index (χ0) is 16.9. The molecule has 0 radical (unpaired) electrons. The van der Waals surface area contributed by atoms with Crippen LogP contribution in [0.1, 0.15) is 36.4 Å². The van der Waals surface area contributed by atoms with Crippen LogP contribution in [0.15, 0.2) is 39.7 Å². The SMILES string of the molecule is CCc1nc(-c2ccc3c(c2)CCC3NOC(C=NC)=CN)no1. The van der Waals surface area contributed by atoms with E-state index in [-0.39, 0.29) is 6.04 Å². The van der Waals surface area contributed by atoms with E-state index in [4.69, 9.17) is 15.1 Å². The first-order valence-electron chi connectivity index (χ1n) is 7.97. The summed E-state index contributed by atoms with van der Waals surface area (Å²) < 4.78 is 5.19. The monoisotopic (exact) mass is 327 g/mol. The Labute approximate surface area is 140 Å². The normalized spacial score (nSPS) is 17.4. The van der Waals surface area contributed by atoms with Gasteiger partial charge >= 0.3 is 0 Å². The number of nitrogens with one attached hydrogen (secondary N) is 1. The minimum absolute atomic E-state index is 0.116. The minimum atomic E-state index is 0.116. The number of benzene rings is 1. The number of rotatable bonds is 6. The largest absolute Gasteiger partial charge is 0.405 e. The van der Waals surface area contributed by atoms with Crippen LogP contribution in [0.5, 0.6) is 0 Å². The summed E-state index contributed by atoms with van der Waals surface area (Å²) in [5.41, 5.74) is 12.0. The standard InChI is InChI=1S/C17H21N5O2/c1-3-16-20-17(22-24-16)12-4-6-14-11(8-12)5-7-15(14)21-23-13(9-18)10-19-2/h4,6,8-10,15,21H,3,5,7,18H2,1-2H3. The summed E-state index contributed by atoms with van der Waals surface area (Å²) in [5.74, 6) is 1.77. The van der Waals surface area contributed by atoms with Crippen LogP contribution in [0.25, 0.3) is 11.4 Å². The second-order valence-electron chi connectivity index (χ2n) is 5.55. The van der Waals surface area contributed by atoms with Crippen molar-refractivity contribution in [1.29, 1.82) is 0 Å². The average Bonchev–Trinajstić information content (AvgIpc) is 3.25. The molecule has 0 fully saturated rings. The van der Waals surface area contributed by atoms with Gasteiger partial charge in [-0.3, -0.25) is 4.99 Å². The van der Waals surface area contributed by atoms with Crippen LogP contribution in [0, 0.1) is 0 Å². The first-order chi connectivity index (χ1) is 11.7. The number of hydrogen-bond donors (Lipinski definition) is 2. The predicted octanol–water partition coefficient (Wildman–Crippen LogP) is 2.31. The van der Waals surface area contributed by atoms with Crippen LogP contribution in [0.4, 0.5) is 0 Å². The maximum absolute atomic E-state index is 5.50. The lowest BCUT2D eigenvalue weighted by molar-refractivity contribution is 0.0871. The summed E-state index contributed by atoms with van der Waals surface area (Å²) in [6.07, 6.45) is 5.59. The molecule has 0 spiro atoms. The van der Waals surface area contributed by atoms with Gasteiger partial charge in [-0.05, 0) is 30.0 Å². The molecule has 0 saturated carbocycles. The van der Waals surface area contributed by atoms with E-state index in [1.807, 2.05) is 13.0 Å². The van der Waals surface area contributed by atoms with Gasteiger partial charge in [0.05, 0.1) is 12.3 Å². The molecule has 1 aromatic heterocycles. The molecule has 126 valence electrons. The number of nitrogens with two attached hydrogens (primary N) is 1. The van der Waals surface area contributed by atoms with E-state index in [0.29, 0.717) is 17.5 Å². The first kappa shape index (κ1) is 16.2. The summed E-state index contributed by atoms with van der Waals surface area (Å²) in [7, 11) is 1.67. The summed E-state index contributed by atoms with van der Waals surface area (Å²) >= 11 is 0. The molecule has 7 heteroatoms. The fraction of sp³-hybridized carbons (Fsp3) is 0.353. The van der Waals surface area contributed by atoms with E-state index >= 15 is 0 Å². The third-order valence-electron chi connectivity index (χ3n) is 3.99. The van der Waals surface area contributed by atoms with Gasteiger partial charge in [0, 0.05) is 25.2 Å². The zero-order valence-electron chi connectivity index (χ0n) is 13.8. The lowest BCUT2D eigenvalue weighted by Crippen LogP contribution is -2.20. The van der Waals surface area contributed by atoms with Crippen LogP contribution in [-0.4, -0.2) is 23.4 Å². The highest BCUT2D eigenvalue weighted by atomic mass is 16.6. The molecule has 0 amide bonds. The number of hydrogen-bond acceptors (Lipinski definition) is 7. The van der Waals surface area contributed by atoms with Crippen molar-refractivity contribution in [2.24, 2.45) is 10.7 Å². The zero-order valence-corrected chi connectivity index (χ0v) is 13.8. The third-order valence-corrected chi connectivity index (χ3v) is 3.99. The Morgan fingerprint density at radius 3 is 3.12 bits per heavy atom. The van der Waals surface area contributed by atoms with E-state index in [0.717, 1.165) is 24.8 Å². The van der Waals surface area contributed by atoms with Crippen LogP contribution >= 0.6 is 0 Å². The van der Waals surface area contributed by atoms with E-state index in [1.54, 1.807) is 13.3 Å². The van der Waals surface area contributed by atoms with Gasteiger partial charge in [0.15, 0.2) is 5.76 Å². The lowest BCUT2D eigenvalue weighted by atomic mass is 10.0. The van der Waals surface area contributed by atoms with Crippen LogP contribution in [0.2, 0.25) is 0 Å². The molecule has 1 aliphatic carbocycles. The van der Waals surface area contributed by atoms with Crippen LogP contribution in [0.3, 0.4) is 0 Å². The molecule has 3 N–H and O–H groups in total. The van der Waals surface area contributed by atoms with Gasteiger partial charge in [-0.25, -0.2) is 0 Å². The quantitative estimate of drug-likeness (QED) is 0.480. The number of allylic oxidation sites excluding steroid dienone is 1. The summed E-state index contributed by atoms with van der Waals surface area (Å²) in [4.78, 5) is 13.8. The molecule has 1 heterocycles. The van der Waals surface area contributed by atoms with E-state index in [9.17, 15) is 0 Å². The van der Waals surface area contributed by atoms with Gasteiger partial charge in [0.1, 0.15) is 0 Å². The second kappa shape index (κ2) is 7.27. The fourth-order valence-corrected chi connectivity index (χ4v) is 2.76. The van der Waals surface area contributed by atoms with Crippen molar-refractivity contribution in [3.05, 3.63) is 47.2 Å². The predicted molar refractivity (Wildman–Crippen MR) is 91.1 cm³/mol. The highest BCUT2D eigenvalue weighted by molar-refractivity contribution is 5.75. The van der Waals surface area contributed by atoms with E-state index in [2.05, 4.69) is 32.7 Å². The van der Waals surface area contributed by atoms with Crippen molar-refractivity contribution < 1.29 is 9.36 Å². The molecule has 2 aromatic rings. The van der Waals surface area contributed by atoms with E-state index in [1.165, 1.54) is 17.3 Å². The Balaban J connectivity index is 1.73. The fourth-order valence-electron chi connectivity index (χ4n) is 2.76. The first-order valence-corrected chi connectivity index (χ1v) is 7.97. The molecule has 1 atom stereocenters. The van der Waals surface area contributed by atoms with Crippen molar-refractivity contribution in [3.63, 3.8) is 0 Å². The van der Waals surface area contributed by atoms with Crippen LogP contribution in [-0.2, 0) is 17.7 Å². The maximum Gasteiger partial charge on any atom is 0.226 e. The molecular formula is C17H21N5O2. The van der Waals surface area contributed by atoms with Gasteiger partial charge in [0.2, 0.25) is 11.7 Å². The second-order valence-corrected chi connectivity index (χ2v) is 5.55. The topological polar surface area (TPSA) is 98.6 Å². The summed E-state index contributed by atoms with van der Waals surface area (Å²) in [6, 6.07) is 6.33. The van der Waals surface area contributed by atoms with E-state index < -0.39 is 0 Å². The Hall–Kier alpha value is -2.67. The summed E-state index contributed by atoms with van der Waals surface area (Å²) in [6.45, 7) is 1.99. The maximum atomic E-state index is 5.50. The number of aromatic nitrogens is 2. The third kappa shape index (κ3) is 3.30. The van der Waals surface area contributed by atoms with Gasteiger partial charge in [-0.15, -0.1) is 5.48 Å². The molecular weight excluding hydrogens is 306 g/mol. The Kier molecular flexibility index (Phi) is 4.90. The van der Waals surface area contributed by atoms with Gasteiger partial charge < -0.3 is 15.1 Å². The molecule has 24 heavy (non-hydrogen) atoms. The number of nitrogens with zero attached hydrogens (tertiary/aromatic N) is 3. The number of aryl methyl sites for hydroxylation is 2. The van der Waals surface area contributed by atoms with Crippen LogP contribution < -0.4 is 11.2 Å². The molecule has 1 unspecified atom stereocenters. The Bertz CT molecular complexity index is 766. The highest BCUT2D eigenvalue weighted by Crippen LogP contribution is 2.33. The molecule has 3 rings (SSSR count). The van der Waals surface area contributed by atoms with Gasteiger partial charge in [-0.2, -0.15) is 4.98 Å². The van der Waals surface area contributed by atoms with Crippen molar-refractivity contribution in [1.82, 2.24) is 15.6 Å². The Morgan fingerprint density at radius 2 is 2.42 bits per heavy atom. The van der Waals surface area contributed by atoms with Crippen molar-refractivity contribution in [2.75, 3.05) is 7.05 Å². The Morgan fingerprint density at radius 1 is 1.54 bits per heavy atom. The van der Waals surface area contributed by atoms with Gasteiger partial charge in [-0.1, -0.05) is 24.2 Å². The molecule has 1 aliphatic rings. The average molecular weight is 327 g/mol. The molecule has 0 aliphatic heterocycles. The summed E-state index contributed by atoms with van der Waals surface area (Å²) in [5, 5.41) is 4.03. The number of hydroxylamine groups is 1. The molecule has 1 aromatic carbocycles. The van der Waals surface area contributed by atoms with Crippen molar-refractivity contribution in [3.8, 4) is 11.4 Å².